The largest absolute Gasteiger partial charge is 0.465 e. The van der Waals surface area contributed by atoms with Crippen molar-refractivity contribution in [3.8, 4) is 0 Å². The molecule has 4 N–H and O–H groups in total. The molecule has 12 heteroatoms. The van der Waals surface area contributed by atoms with Crippen molar-refractivity contribution in [1.82, 2.24) is 10.6 Å². The number of rotatable bonds is 9. The van der Waals surface area contributed by atoms with Gasteiger partial charge in [0.2, 0.25) is 5.91 Å². The predicted molar refractivity (Wildman–Crippen MR) is 132 cm³/mol. The lowest BCUT2D eigenvalue weighted by atomic mass is 9.95. The van der Waals surface area contributed by atoms with E-state index in [0.717, 1.165) is 25.4 Å². The van der Waals surface area contributed by atoms with Crippen LogP contribution in [0.5, 0.6) is 0 Å². The first-order valence-electron chi connectivity index (χ1n) is 11.8. The molecule has 0 radical (unpaired) electrons. The van der Waals surface area contributed by atoms with Gasteiger partial charge in [-0.1, -0.05) is 6.58 Å². The van der Waals surface area contributed by atoms with Gasteiger partial charge in [0.25, 0.3) is 5.91 Å². The normalized spacial score (nSPS) is 17.8. The Hall–Kier alpha value is -3.83. The maximum atomic E-state index is 13.1. The number of hydrogen-bond donors (Lipinski definition) is 3. The molecule has 1 saturated heterocycles. The van der Waals surface area contributed by atoms with E-state index in [1.165, 1.54) is 18.5 Å². The first kappa shape index (κ1) is 27.8. The average molecular weight is 522 g/mol. The van der Waals surface area contributed by atoms with Crippen LogP contribution in [-0.2, 0) is 20.5 Å². The molecule has 1 aromatic carbocycles. The Morgan fingerprint density at radius 1 is 1.27 bits per heavy atom. The summed E-state index contributed by atoms with van der Waals surface area (Å²) in [7, 11) is 1.12. The lowest BCUT2D eigenvalue weighted by Crippen LogP contribution is -2.51. The predicted octanol–water partition coefficient (Wildman–Crippen LogP) is 2.53. The van der Waals surface area contributed by atoms with Crippen molar-refractivity contribution in [2.75, 3.05) is 31.6 Å². The van der Waals surface area contributed by atoms with Gasteiger partial charge in [0.1, 0.15) is 5.54 Å². The molecule has 200 valence electrons. The first-order valence-corrected chi connectivity index (χ1v) is 11.8. The Morgan fingerprint density at radius 3 is 2.49 bits per heavy atom. The maximum absolute atomic E-state index is 13.1. The molecule has 1 saturated carbocycles. The topological polar surface area (TPSA) is 126 Å². The van der Waals surface area contributed by atoms with Crippen molar-refractivity contribution in [3.05, 3.63) is 53.9 Å². The molecule has 2 fully saturated rings. The van der Waals surface area contributed by atoms with Gasteiger partial charge in [0.15, 0.2) is 0 Å². The fraction of sp³-hybridized carbons (Fsp3) is 0.440. The number of anilines is 1. The number of aliphatic imine (C=N–C) groups is 1. The number of methoxy groups -OCH3 is 1. The van der Waals surface area contributed by atoms with Crippen LogP contribution in [0.4, 0.5) is 18.9 Å². The van der Waals surface area contributed by atoms with E-state index in [2.05, 4.69) is 22.2 Å². The van der Waals surface area contributed by atoms with E-state index in [0.29, 0.717) is 51.0 Å². The number of hydrogen-bond acceptors (Lipinski definition) is 7. The summed E-state index contributed by atoms with van der Waals surface area (Å²) in [6.45, 7) is 4.80. The number of amides is 2. The summed E-state index contributed by atoms with van der Waals surface area (Å²) in [5, 5.41) is 5.63. The number of piperidine rings is 1. The fourth-order valence-electron chi connectivity index (χ4n) is 4.18. The van der Waals surface area contributed by atoms with Crippen molar-refractivity contribution in [1.29, 1.82) is 0 Å². The van der Waals surface area contributed by atoms with Gasteiger partial charge in [0.05, 0.1) is 29.5 Å². The van der Waals surface area contributed by atoms with Gasteiger partial charge in [0, 0.05) is 38.2 Å². The monoisotopic (exact) mass is 521 g/mol. The van der Waals surface area contributed by atoms with Gasteiger partial charge >= 0.3 is 12.1 Å². The standard InChI is InChI=1S/C25H30F3N5O4/c1-3-30-15-17(13-29)21(34)32-24(8-9-24)23(36)31-14-16-6-10-33(11-7-16)20-5-4-18(25(26,27)28)12-19(20)22(35)37-2/h3-5,12-13,15-16H,1,6-11,14,29H2,2H3,(H,31,36)(H,32,34)/b17-13+,30-15-. The van der Waals surface area contributed by atoms with Crippen LogP contribution >= 0.6 is 0 Å². The molecule has 0 spiro atoms. The number of ether oxygens (including phenoxy) is 1. The molecule has 1 aliphatic heterocycles. The van der Waals surface area contributed by atoms with Crippen LogP contribution in [0, 0.1) is 5.92 Å². The fourth-order valence-corrected chi connectivity index (χ4v) is 4.18. The zero-order valence-electron chi connectivity index (χ0n) is 20.4. The van der Waals surface area contributed by atoms with E-state index in [4.69, 9.17) is 10.5 Å². The molecule has 0 aromatic heterocycles. The third-order valence-corrected chi connectivity index (χ3v) is 6.53. The van der Waals surface area contributed by atoms with E-state index < -0.39 is 29.2 Å². The highest BCUT2D eigenvalue weighted by atomic mass is 19.4. The molecule has 1 aliphatic carbocycles. The summed E-state index contributed by atoms with van der Waals surface area (Å²) in [6, 6.07) is 3.05. The number of nitrogens with one attached hydrogen (secondary N) is 2. The summed E-state index contributed by atoms with van der Waals surface area (Å²) < 4.78 is 44.1. The van der Waals surface area contributed by atoms with E-state index in [9.17, 15) is 27.6 Å². The highest BCUT2D eigenvalue weighted by Gasteiger charge is 2.51. The van der Waals surface area contributed by atoms with Crippen molar-refractivity contribution < 1.29 is 32.3 Å². The van der Waals surface area contributed by atoms with E-state index >= 15 is 0 Å². The minimum absolute atomic E-state index is 0.112. The zero-order valence-corrected chi connectivity index (χ0v) is 20.4. The minimum Gasteiger partial charge on any atom is -0.465 e. The Labute approximate surface area is 212 Å². The van der Waals surface area contributed by atoms with Gasteiger partial charge in [-0.25, -0.2) is 4.79 Å². The van der Waals surface area contributed by atoms with Crippen molar-refractivity contribution >= 4 is 29.7 Å². The van der Waals surface area contributed by atoms with Crippen molar-refractivity contribution in [3.63, 3.8) is 0 Å². The van der Waals surface area contributed by atoms with Gasteiger partial charge < -0.3 is 26.0 Å². The molecular weight excluding hydrogens is 491 g/mol. The maximum Gasteiger partial charge on any atom is 0.416 e. The van der Waals surface area contributed by atoms with Crippen LogP contribution in [0.3, 0.4) is 0 Å². The SMILES string of the molecule is C=C/N=C\C(=C/N)C(=O)NC1(C(=O)NCC2CCN(c3ccc(C(F)(F)F)cc3C(=O)OC)CC2)CC1. The summed E-state index contributed by atoms with van der Waals surface area (Å²) in [5.41, 5.74) is 3.92. The number of alkyl halides is 3. The number of nitrogens with zero attached hydrogens (tertiary/aromatic N) is 2. The van der Waals surface area contributed by atoms with Crippen LogP contribution in [0.1, 0.15) is 41.6 Å². The lowest BCUT2D eigenvalue weighted by molar-refractivity contribution is -0.137. The highest BCUT2D eigenvalue weighted by Crippen LogP contribution is 2.37. The van der Waals surface area contributed by atoms with Crippen LogP contribution in [0.2, 0.25) is 0 Å². The number of carbonyl (C=O) groups excluding carboxylic acids is 3. The minimum atomic E-state index is -4.58. The highest BCUT2D eigenvalue weighted by molar-refractivity contribution is 6.13. The number of carbonyl (C=O) groups is 3. The van der Waals surface area contributed by atoms with Crippen molar-refractivity contribution in [2.24, 2.45) is 16.6 Å². The van der Waals surface area contributed by atoms with Gasteiger partial charge in [-0.2, -0.15) is 13.2 Å². The van der Waals surface area contributed by atoms with Crippen LogP contribution in [0.15, 0.2) is 47.7 Å². The van der Waals surface area contributed by atoms with E-state index in [1.54, 1.807) is 0 Å². The molecule has 37 heavy (non-hydrogen) atoms. The van der Waals surface area contributed by atoms with Gasteiger partial charge in [-0.3, -0.25) is 14.6 Å². The number of halogens is 3. The molecule has 0 atom stereocenters. The quantitative estimate of drug-likeness (QED) is 0.261. The smallest absolute Gasteiger partial charge is 0.416 e. The summed E-state index contributed by atoms with van der Waals surface area (Å²) in [6.07, 6.45) is 1.35. The molecule has 0 bridgehead atoms. The number of nitrogens with two attached hydrogens (primary N) is 1. The molecular formula is C25H30F3N5O4. The summed E-state index contributed by atoms with van der Waals surface area (Å²) in [5.74, 6) is -1.50. The molecule has 3 rings (SSSR count). The average Bonchev–Trinajstić information content (AvgIpc) is 3.67. The summed E-state index contributed by atoms with van der Waals surface area (Å²) in [4.78, 5) is 43.0. The van der Waals surface area contributed by atoms with Crippen LogP contribution < -0.4 is 21.3 Å². The Morgan fingerprint density at radius 2 is 1.95 bits per heavy atom. The number of benzene rings is 1. The lowest BCUT2D eigenvalue weighted by Gasteiger charge is -2.35. The Balaban J connectivity index is 1.56. The second-order valence-corrected chi connectivity index (χ2v) is 8.98. The van der Waals surface area contributed by atoms with Crippen LogP contribution in [-0.4, -0.2) is 56.3 Å². The molecule has 1 aromatic rings. The van der Waals surface area contributed by atoms with Gasteiger partial charge in [-0.05, 0) is 49.8 Å². The molecule has 1 heterocycles. The Kier molecular flexibility index (Phi) is 8.61. The first-order chi connectivity index (χ1) is 17.5. The second-order valence-electron chi connectivity index (χ2n) is 8.98. The molecule has 2 aliphatic rings. The third kappa shape index (κ3) is 6.69. The van der Waals surface area contributed by atoms with Crippen LogP contribution in [0.25, 0.3) is 0 Å². The van der Waals surface area contributed by atoms with E-state index in [1.807, 2.05) is 4.90 Å². The molecule has 0 unspecified atom stereocenters. The number of esters is 1. The van der Waals surface area contributed by atoms with Gasteiger partial charge in [-0.15, -0.1) is 0 Å². The van der Waals surface area contributed by atoms with E-state index in [-0.39, 0.29) is 23.0 Å². The Bertz CT molecular complexity index is 1100. The second kappa shape index (κ2) is 11.5. The zero-order chi connectivity index (χ0) is 27.2. The molecule has 2 amide bonds. The third-order valence-electron chi connectivity index (χ3n) is 6.53. The summed E-state index contributed by atoms with van der Waals surface area (Å²) >= 11 is 0. The molecule has 9 nitrogen and oxygen atoms in total. The van der Waals surface area contributed by atoms with Crippen molar-refractivity contribution in [2.45, 2.75) is 37.4 Å².